The predicted molar refractivity (Wildman–Crippen MR) is 73.9 cm³/mol. The van der Waals surface area contributed by atoms with Gasteiger partial charge in [-0.05, 0) is 39.8 Å². The molecule has 2 rings (SSSR count). The first-order valence-electron chi connectivity index (χ1n) is 6.51. The molecule has 0 saturated carbocycles. The smallest absolute Gasteiger partial charge is 0.247 e. The second-order valence-corrected chi connectivity index (χ2v) is 4.97. The van der Waals surface area contributed by atoms with E-state index >= 15 is 0 Å². The Morgan fingerprint density at radius 1 is 0.850 bits per heavy atom. The predicted octanol–water partition coefficient (Wildman–Crippen LogP) is 2.07. The molecule has 0 amide bonds. The molecule has 0 unspecified atom stereocenters. The van der Waals surface area contributed by atoms with Crippen LogP contribution in [0.1, 0.15) is 45.2 Å². The second-order valence-electron chi connectivity index (χ2n) is 4.97. The lowest BCUT2D eigenvalue weighted by Crippen LogP contribution is -2.19. The topological polar surface area (TPSA) is 69.8 Å². The van der Waals surface area contributed by atoms with Crippen LogP contribution in [0.25, 0.3) is 0 Å². The quantitative estimate of drug-likeness (QED) is 0.859. The second kappa shape index (κ2) is 5.40. The third-order valence-electron chi connectivity index (χ3n) is 3.04. The Morgan fingerprint density at radius 3 is 1.45 bits per heavy atom. The van der Waals surface area contributed by atoms with Crippen LogP contribution in [0, 0.1) is 27.7 Å². The van der Waals surface area contributed by atoms with Crippen LogP contribution in [-0.2, 0) is 0 Å². The summed E-state index contributed by atoms with van der Waals surface area (Å²) >= 11 is 0. The molecule has 0 aliphatic rings. The minimum Gasteiger partial charge on any atom is -0.273 e. The van der Waals surface area contributed by atoms with Crippen molar-refractivity contribution in [2.24, 2.45) is 0 Å². The number of carbonyl (C=O) groups excluding carboxylic acids is 2. The molecule has 0 aliphatic carbocycles. The number of rotatable bonds is 3. The third kappa shape index (κ3) is 2.84. The van der Waals surface area contributed by atoms with E-state index in [0.717, 1.165) is 22.8 Å². The maximum atomic E-state index is 12.0. The fourth-order valence-corrected chi connectivity index (χ4v) is 2.19. The molecule has 106 valence electrons. The maximum Gasteiger partial charge on any atom is 0.247 e. The summed E-state index contributed by atoms with van der Waals surface area (Å²) in [7, 11) is 0. The van der Waals surface area contributed by atoms with E-state index in [9.17, 15) is 9.59 Å². The van der Waals surface area contributed by atoms with Gasteiger partial charge in [-0.3, -0.25) is 9.59 Å². The number of carbonyl (C=O) groups is 2. The van der Waals surface area contributed by atoms with Crippen molar-refractivity contribution >= 4 is 11.8 Å². The van der Waals surface area contributed by atoms with Crippen molar-refractivity contribution in [2.45, 2.75) is 40.5 Å². The molecule has 0 bridgehead atoms. The summed E-state index contributed by atoms with van der Waals surface area (Å²) in [6.45, 7) is 7.30. The van der Waals surface area contributed by atoms with E-state index in [4.69, 9.17) is 0 Å². The van der Waals surface area contributed by atoms with Crippen molar-refractivity contribution in [1.82, 2.24) is 19.6 Å². The van der Waals surface area contributed by atoms with Crippen molar-refractivity contribution in [2.75, 3.05) is 0 Å². The molecule has 2 aromatic rings. The molecule has 2 heterocycles. The molecule has 0 fully saturated rings. The van der Waals surface area contributed by atoms with E-state index in [1.807, 2.05) is 39.8 Å². The first-order valence-corrected chi connectivity index (χ1v) is 6.51. The van der Waals surface area contributed by atoms with Crippen molar-refractivity contribution in [3.8, 4) is 0 Å². The van der Waals surface area contributed by atoms with Gasteiger partial charge in [-0.15, -0.1) is 0 Å². The number of aryl methyl sites for hydroxylation is 4. The molecule has 0 N–H and O–H groups in total. The van der Waals surface area contributed by atoms with Gasteiger partial charge in [0.15, 0.2) is 0 Å². The number of aromatic nitrogens is 4. The van der Waals surface area contributed by atoms with E-state index < -0.39 is 0 Å². The van der Waals surface area contributed by atoms with E-state index in [0.29, 0.717) is 0 Å². The Hall–Kier alpha value is -2.24. The molecule has 0 aliphatic heterocycles. The van der Waals surface area contributed by atoms with Gasteiger partial charge in [-0.25, -0.2) is 9.36 Å². The van der Waals surface area contributed by atoms with Gasteiger partial charge >= 0.3 is 0 Å². The summed E-state index contributed by atoms with van der Waals surface area (Å²) in [4.78, 5) is 24.0. The Morgan fingerprint density at radius 2 is 1.20 bits per heavy atom. The molecule has 2 aromatic heterocycles. The fraction of sp³-hybridized carbons (Fsp3) is 0.429. The standard InChI is InChI=1S/C14H18N4O2/c1-9-7-11(3)17(15-9)13(19)5-6-14(20)18-12(4)8-10(2)16-18/h7-8H,5-6H2,1-4H3. The molecular weight excluding hydrogens is 256 g/mol. The molecule has 0 spiro atoms. The summed E-state index contributed by atoms with van der Waals surface area (Å²) in [6.07, 6.45) is 0.248. The summed E-state index contributed by atoms with van der Waals surface area (Å²) in [5.41, 5.74) is 3.15. The first kappa shape index (κ1) is 14.2. The fourth-order valence-electron chi connectivity index (χ4n) is 2.19. The zero-order valence-electron chi connectivity index (χ0n) is 12.2. The van der Waals surface area contributed by atoms with Gasteiger partial charge in [0.1, 0.15) is 0 Å². The highest BCUT2D eigenvalue weighted by atomic mass is 16.2. The van der Waals surface area contributed by atoms with Gasteiger partial charge in [0.2, 0.25) is 11.8 Å². The van der Waals surface area contributed by atoms with Crippen LogP contribution >= 0.6 is 0 Å². The molecule has 0 saturated heterocycles. The van der Waals surface area contributed by atoms with Gasteiger partial charge < -0.3 is 0 Å². The van der Waals surface area contributed by atoms with Crippen LogP contribution in [0.5, 0.6) is 0 Å². The van der Waals surface area contributed by atoms with Crippen LogP contribution in [0.4, 0.5) is 0 Å². The molecule has 20 heavy (non-hydrogen) atoms. The van der Waals surface area contributed by atoms with Gasteiger partial charge in [0, 0.05) is 24.2 Å². The molecule has 0 atom stereocenters. The first-order chi connectivity index (χ1) is 9.38. The highest BCUT2D eigenvalue weighted by Crippen LogP contribution is 2.07. The normalized spacial score (nSPS) is 10.8. The van der Waals surface area contributed by atoms with Gasteiger partial charge in [-0.1, -0.05) is 0 Å². The van der Waals surface area contributed by atoms with Crippen LogP contribution in [0.3, 0.4) is 0 Å². The minimum atomic E-state index is -0.175. The molecule has 6 nitrogen and oxygen atoms in total. The summed E-state index contributed by atoms with van der Waals surface area (Å²) < 4.78 is 2.70. The Bertz CT molecular complexity index is 609. The summed E-state index contributed by atoms with van der Waals surface area (Å²) in [6, 6.07) is 3.67. The number of hydrogen-bond acceptors (Lipinski definition) is 4. The average molecular weight is 274 g/mol. The molecule has 0 radical (unpaired) electrons. The van der Waals surface area contributed by atoms with E-state index in [-0.39, 0.29) is 24.7 Å². The van der Waals surface area contributed by atoms with Crippen molar-refractivity contribution in [1.29, 1.82) is 0 Å². The van der Waals surface area contributed by atoms with Crippen molar-refractivity contribution < 1.29 is 9.59 Å². The van der Waals surface area contributed by atoms with Crippen molar-refractivity contribution in [3.63, 3.8) is 0 Å². The van der Waals surface area contributed by atoms with Gasteiger partial charge in [0.25, 0.3) is 0 Å². The lowest BCUT2D eigenvalue weighted by Gasteiger charge is -2.04. The van der Waals surface area contributed by atoms with Crippen LogP contribution < -0.4 is 0 Å². The summed E-state index contributed by atoms with van der Waals surface area (Å²) in [5, 5.41) is 8.23. The van der Waals surface area contributed by atoms with Crippen molar-refractivity contribution in [3.05, 3.63) is 34.9 Å². The zero-order valence-corrected chi connectivity index (χ0v) is 12.2. The third-order valence-corrected chi connectivity index (χ3v) is 3.04. The van der Waals surface area contributed by atoms with E-state index in [1.54, 1.807) is 0 Å². The van der Waals surface area contributed by atoms with Crippen LogP contribution in [0.15, 0.2) is 12.1 Å². The monoisotopic (exact) mass is 274 g/mol. The highest BCUT2D eigenvalue weighted by molar-refractivity contribution is 5.86. The lowest BCUT2D eigenvalue weighted by molar-refractivity contribution is 0.0811. The average Bonchev–Trinajstić information content (AvgIpc) is 2.88. The van der Waals surface area contributed by atoms with E-state index in [1.165, 1.54) is 9.36 Å². The zero-order chi connectivity index (χ0) is 14.9. The Labute approximate surface area is 117 Å². The Balaban J connectivity index is 2.02. The van der Waals surface area contributed by atoms with Crippen LogP contribution in [0.2, 0.25) is 0 Å². The van der Waals surface area contributed by atoms with E-state index in [2.05, 4.69) is 10.2 Å². The van der Waals surface area contributed by atoms with Gasteiger partial charge in [0.05, 0.1) is 11.4 Å². The Kier molecular flexibility index (Phi) is 3.83. The van der Waals surface area contributed by atoms with Crippen LogP contribution in [-0.4, -0.2) is 31.4 Å². The number of nitrogens with zero attached hydrogens (tertiary/aromatic N) is 4. The minimum absolute atomic E-state index is 0.124. The SMILES string of the molecule is Cc1cc(C)n(C(=O)CCC(=O)n2nc(C)cc2C)n1. The molecular formula is C14H18N4O2. The molecule has 6 heteroatoms. The summed E-state index contributed by atoms with van der Waals surface area (Å²) in [5.74, 6) is -0.351. The maximum absolute atomic E-state index is 12.0. The number of hydrogen-bond donors (Lipinski definition) is 0. The van der Waals surface area contributed by atoms with Gasteiger partial charge in [-0.2, -0.15) is 10.2 Å². The molecule has 0 aromatic carbocycles. The highest BCUT2D eigenvalue weighted by Gasteiger charge is 2.15. The lowest BCUT2D eigenvalue weighted by atomic mass is 10.2. The largest absolute Gasteiger partial charge is 0.273 e.